The van der Waals surface area contributed by atoms with Crippen LogP contribution in [0.1, 0.15) is 43.9 Å². The van der Waals surface area contributed by atoms with E-state index in [9.17, 15) is 23.5 Å². The monoisotopic (exact) mass is 522 g/mol. The Labute approximate surface area is 213 Å². The minimum Gasteiger partial charge on any atom is -0.390 e. The summed E-state index contributed by atoms with van der Waals surface area (Å²) >= 11 is 6.08. The SMILES string of the molecule is CC(=O)N(NCc1ccc(F)cc1Cl)[C@H](CONC(=O)N1C=Cc2c(F)cccc2C1)CC(C)(C)O. The van der Waals surface area contributed by atoms with Gasteiger partial charge in [-0.1, -0.05) is 29.8 Å². The number of rotatable bonds is 9. The van der Waals surface area contributed by atoms with Gasteiger partial charge in [-0.05, 0) is 55.7 Å². The summed E-state index contributed by atoms with van der Waals surface area (Å²) in [6, 6.07) is 7.32. The summed E-state index contributed by atoms with van der Waals surface area (Å²) in [5.74, 6) is -1.21. The number of urea groups is 1. The molecule has 8 nitrogen and oxygen atoms in total. The van der Waals surface area contributed by atoms with Crippen molar-refractivity contribution in [1.29, 1.82) is 0 Å². The highest BCUT2D eigenvalue weighted by Gasteiger charge is 2.29. The highest BCUT2D eigenvalue weighted by atomic mass is 35.5. The van der Waals surface area contributed by atoms with Gasteiger partial charge < -0.3 is 5.11 Å². The van der Waals surface area contributed by atoms with Crippen LogP contribution < -0.4 is 10.9 Å². The van der Waals surface area contributed by atoms with Crippen LogP contribution in [0.5, 0.6) is 0 Å². The van der Waals surface area contributed by atoms with Gasteiger partial charge >= 0.3 is 6.03 Å². The number of hydrogen-bond donors (Lipinski definition) is 3. The van der Waals surface area contributed by atoms with E-state index in [1.807, 2.05) is 0 Å². The molecule has 1 aliphatic rings. The van der Waals surface area contributed by atoms with Crippen LogP contribution in [0.4, 0.5) is 13.6 Å². The molecular formula is C25H29ClF2N4O4. The summed E-state index contributed by atoms with van der Waals surface area (Å²) in [6.07, 6.45) is 3.07. The molecule has 0 saturated carbocycles. The van der Waals surface area contributed by atoms with Crippen molar-refractivity contribution in [2.45, 2.75) is 51.9 Å². The van der Waals surface area contributed by atoms with Crippen molar-refractivity contribution >= 4 is 29.6 Å². The van der Waals surface area contributed by atoms with Gasteiger partial charge in [-0.3, -0.25) is 19.5 Å². The molecular weight excluding hydrogens is 494 g/mol. The minimum atomic E-state index is -1.16. The van der Waals surface area contributed by atoms with E-state index >= 15 is 0 Å². The zero-order valence-electron chi connectivity index (χ0n) is 20.2. The van der Waals surface area contributed by atoms with Gasteiger partial charge in [-0.25, -0.2) is 24.5 Å². The number of nitrogens with one attached hydrogen (secondary N) is 2. The molecule has 194 valence electrons. The lowest BCUT2D eigenvalue weighted by Crippen LogP contribution is -2.53. The molecule has 0 bridgehead atoms. The van der Waals surface area contributed by atoms with E-state index in [0.717, 1.165) is 0 Å². The second kappa shape index (κ2) is 11.8. The number of hydrazine groups is 1. The molecule has 3 rings (SSSR count). The number of carbonyl (C=O) groups is 2. The zero-order valence-corrected chi connectivity index (χ0v) is 21.0. The highest BCUT2D eigenvalue weighted by Crippen LogP contribution is 2.23. The fourth-order valence-corrected chi connectivity index (χ4v) is 4.07. The van der Waals surface area contributed by atoms with Crippen LogP contribution in [-0.2, 0) is 22.7 Å². The molecule has 0 unspecified atom stereocenters. The van der Waals surface area contributed by atoms with Crippen LogP contribution in [0.2, 0.25) is 5.02 Å². The third kappa shape index (κ3) is 7.47. The van der Waals surface area contributed by atoms with Gasteiger partial charge in [0.05, 0.1) is 24.8 Å². The number of hydrogen-bond acceptors (Lipinski definition) is 5. The molecule has 36 heavy (non-hydrogen) atoms. The first-order chi connectivity index (χ1) is 16.9. The first kappa shape index (κ1) is 27.5. The molecule has 3 N–H and O–H groups in total. The van der Waals surface area contributed by atoms with Crippen molar-refractivity contribution < 1.29 is 28.3 Å². The lowest BCUT2D eigenvalue weighted by atomic mass is 9.99. The van der Waals surface area contributed by atoms with E-state index in [4.69, 9.17) is 16.4 Å². The first-order valence-electron chi connectivity index (χ1n) is 11.3. The van der Waals surface area contributed by atoms with E-state index in [1.165, 1.54) is 53.4 Å². The van der Waals surface area contributed by atoms with Gasteiger partial charge in [0.1, 0.15) is 11.6 Å². The maximum atomic E-state index is 13.9. The van der Waals surface area contributed by atoms with Gasteiger partial charge in [-0.2, -0.15) is 0 Å². The fourth-order valence-electron chi connectivity index (χ4n) is 3.84. The molecule has 1 heterocycles. The topological polar surface area (TPSA) is 94.1 Å². The second-order valence-corrected chi connectivity index (χ2v) is 9.51. The number of nitrogens with zero attached hydrogens (tertiary/aromatic N) is 2. The predicted octanol–water partition coefficient (Wildman–Crippen LogP) is 4.13. The van der Waals surface area contributed by atoms with E-state index in [1.54, 1.807) is 26.0 Å². The second-order valence-electron chi connectivity index (χ2n) is 9.10. The van der Waals surface area contributed by atoms with E-state index in [0.29, 0.717) is 16.7 Å². The lowest BCUT2D eigenvalue weighted by molar-refractivity contribution is -0.139. The molecule has 1 aliphatic heterocycles. The molecule has 0 fully saturated rings. The van der Waals surface area contributed by atoms with Crippen LogP contribution >= 0.6 is 11.6 Å². The number of amides is 3. The standard InChI is InChI=1S/C25H29ClF2N4O4/c1-16(33)32(29-13-17-7-8-19(27)11-22(17)26)20(12-25(2,3)35)15-36-30-24(34)31-10-9-21-18(14-31)5-4-6-23(21)28/h4-11,20,29,35H,12-15H2,1-3H3,(H,30,34)/t20-/m0/s1. The number of fused-ring (bicyclic) bond motifs is 1. The Morgan fingerprint density at radius 1 is 1.28 bits per heavy atom. The Kier molecular flexibility index (Phi) is 9.02. The Morgan fingerprint density at radius 2 is 2.03 bits per heavy atom. The third-order valence-electron chi connectivity index (χ3n) is 5.50. The van der Waals surface area contributed by atoms with Crippen molar-refractivity contribution in [3.05, 3.63) is 75.9 Å². The quantitative estimate of drug-likeness (QED) is 0.431. The number of carbonyl (C=O) groups excluding carboxylic acids is 2. The average Bonchev–Trinajstić information content (AvgIpc) is 2.79. The van der Waals surface area contributed by atoms with Crippen molar-refractivity contribution in [2.24, 2.45) is 0 Å². The van der Waals surface area contributed by atoms with Crippen molar-refractivity contribution in [3.8, 4) is 0 Å². The van der Waals surface area contributed by atoms with E-state index < -0.39 is 23.5 Å². The highest BCUT2D eigenvalue weighted by molar-refractivity contribution is 6.31. The minimum absolute atomic E-state index is 0.113. The summed E-state index contributed by atoms with van der Waals surface area (Å²) in [6.45, 7) is 4.63. The number of benzene rings is 2. The Hall–Kier alpha value is -3.05. The maximum Gasteiger partial charge on any atom is 0.345 e. The van der Waals surface area contributed by atoms with Crippen LogP contribution in [-0.4, -0.2) is 45.2 Å². The van der Waals surface area contributed by atoms with Crippen molar-refractivity contribution in [3.63, 3.8) is 0 Å². The largest absolute Gasteiger partial charge is 0.390 e. The van der Waals surface area contributed by atoms with Gasteiger partial charge in [0, 0.05) is 30.3 Å². The average molecular weight is 523 g/mol. The molecule has 2 aromatic carbocycles. The fraction of sp³-hybridized carbons (Fsp3) is 0.360. The van der Waals surface area contributed by atoms with Crippen LogP contribution in [0.15, 0.2) is 42.6 Å². The number of hydroxylamine groups is 1. The number of aliphatic hydroxyl groups is 1. The molecule has 11 heteroatoms. The molecule has 0 saturated heterocycles. The summed E-state index contributed by atoms with van der Waals surface area (Å²) in [4.78, 5) is 31.8. The predicted molar refractivity (Wildman–Crippen MR) is 131 cm³/mol. The van der Waals surface area contributed by atoms with Gasteiger partial charge in [0.2, 0.25) is 5.91 Å². The molecule has 3 amide bonds. The summed E-state index contributed by atoms with van der Waals surface area (Å²) in [5.41, 5.74) is 5.76. The molecule has 0 radical (unpaired) electrons. The van der Waals surface area contributed by atoms with Gasteiger partial charge in [-0.15, -0.1) is 0 Å². The maximum absolute atomic E-state index is 13.9. The summed E-state index contributed by atoms with van der Waals surface area (Å²) < 4.78 is 27.2. The first-order valence-corrected chi connectivity index (χ1v) is 11.7. The van der Waals surface area contributed by atoms with E-state index in [2.05, 4.69) is 10.9 Å². The van der Waals surface area contributed by atoms with Crippen LogP contribution in [0.25, 0.3) is 6.08 Å². The Balaban J connectivity index is 1.63. The smallest absolute Gasteiger partial charge is 0.345 e. The Bertz CT molecular complexity index is 1140. The van der Waals surface area contributed by atoms with E-state index in [-0.39, 0.29) is 42.9 Å². The number of halogens is 3. The normalized spacial score (nSPS) is 13.8. The molecule has 0 aliphatic carbocycles. The van der Waals surface area contributed by atoms with Crippen molar-refractivity contribution in [2.75, 3.05) is 6.61 Å². The van der Waals surface area contributed by atoms with Crippen LogP contribution in [0.3, 0.4) is 0 Å². The van der Waals surface area contributed by atoms with Crippen molar-refractivity contribution in [1.82, 2.24) is 20.8 Å². The molecule has 2 aromatic rings. The summed E-state index contributed by atoms with van der Waals surface area (Å²) in [7, 11) is 0. The molecule has 0 spiro atoms. The van der Waals surface area contributed by atoms with Gasteiger partial charge in [0.25, 0.3) is 0 Å². The Morgan fingerprint density at radius 3 is 2.69 bits per heavy atom. The zero-order chi connectivity index (χ0) is 26.5. The third-order valence-corrected chi connectivity index (χ3v) is 5.85. The summed E-state index contributed by atoms with van der Waals surface area (Å²) in [5, 5.41) is 11.9. The van der Waals surface area contributed by atoms with Crippen LogP contribution in [0, 0.1) is 11.6 Å². The molecule has 1 atom stereocenters. The molecule has 0 aromatic heterocycles. The lowest BCUT2D eigenvalue weighted by Gasteiger charge is -2.34. The van der Waals surface area contributed by atoms with Gasteiger partial charge in [0.15, 0.2) is 0 Å².